The third-order valence-corrected chi connectivity index (χ3v) is 1.61. The summed E-state index contributed by atoms with van der Waals surface area (Å²) < 4.78 is 0. The van der Waals surface area contributed by atoms with Gasteiger partial charge in [-0.1, -0.05) is 24.3 Å². The van der Waals surface area contributed by atoms with E-state index in [2.05, 4.69) is 0 Å². The predicted octanol–water partition coefficient (Wildman–Crippen LogP) is 3.23. The van der Waals surface area contributed by atoms with E-state index in [1.54, 1.807) is 0 Å². The molecule has 0 amide bonds. The number of allylic oxidation sites excluding steroid dienone is 4. The molecule has 0 aromatic heterocycles. The Labute approximate surface area is 95.4 Å². The molecule has 3 heteroatoms. The average molecular weight is 220 g/mol. The molecule has 0 heterocycles. The van der Waals surface area contributed by atoms with Crippen LogP contribution in [-0.4, -0.2) is 16.2 Å². The Morgan fingerprint density at radius 3 is 1.81 bits per heavy atom. The van der Waals surface area contributed by atoms with E-state index in [4.69, 9.17) is 10.2 Å². The van der Waals surface area contributed by atoms with E-state index in [0.717, 1.165) is 0 Å². The fraction of sp³-hybridized carbons (Fsp3) is 0.154. The van der Waals surface area contributed by atoms with Crippen LogP contribution in [0.5, 0.6) is 5.75 Å². The Morgan fingerprint density at radius 2 is 1.50 bits per heavy atom. The lowest BCUT2D eigenvalue weighted by Gasteiger charge is -1.92. The van der Waals surface area contributed by atoms with E-state index >= 15 is 0 Å². The van der Waals surface area contributed by atoms with Gasteiger partial charge >= 0.3 is 5.97 Å². The number of carbonyl (C=O) groups is 1. The van der Waals surface area contributed by atoms with Gasteiger partial charge in [0.05, 0.1) is 5.56 Å². The van der Waals surface area contributed by atoms with Gasteiger partial charge in [0, 0.05) is 0 Å². The smallest absolute Gasteiger partial charge is 0.335 e. The van der Waals surface area contributed by atoms with Gasteiger partial charge in [0.25, 0.3) is 0 Å². The lowest BCUT2D eigenvalue weighted by Crippen LogP contribution is -1.93. The Balaban J connectivity index is 0.000000325. The Kier molecular flexibility index (Phi) is 7.24. The van der Waals surface area contributed by atoms with Crippen LogP contribution in [0.3, 0.4) is 0 Å². The fourth-order valence-electron chi connectivity index (χ4n) is 0.826. The molecule has 0 atom stereocenters. The minimum absolute atomic E-state index is 0.0741. The van der Waals surface area contributed by atoms with Gasteiger partial charge in [-0.25, -0.2) is 4.79 Å². The molecule has 0 saturated carbocycles. The summed E-state index contributed by atoms with van der Waals surface area (Å²) in [5, 5.41) is 17.1. The highest BCUT2D eigenvalue weighted by Crippen LogP contribution is 2.08. The Bertz CT molecular complexity index is 351. The second kappa shape index (κ2) is 8.29. The molecule has 2 N–H and O–H groups in total. The van der Waals surface area contributed by atoms with Crippen molar-refractivity contribution in [2.45, 2.75) is 13.8 Å². The predicted molar refractivity (Wildman–Crippen MR) is 64.7 cm³/mol. The highest BCUT2D eigenvalue weighted by molar-refractivity contribution is 5.87. The van der Waals surface area contributed by atoms with Crippen LogP contribution in [0, 0.1) is 0 Å². The van der Waals surface area contributed by atoms with E-state index in [0.29, 0.717) is 0 Å². The van der Waals surface area contributed by atoms with Crippen molar-refractivity contribution < 1.29 is 15.0 Å². The highest BCUT2D eigenvalue weighted by Gasteiger charge is 1.99. The molecule has 16 heavy (non-hydrogen) atoms. The zero-order chi connectivity index (χ0) is 12.4. The van der Waals surface area contributed by atoms with Gasteiger partial charge in [-0.15, -0.1) is 0 Å². The number of aromatic carboxylic acids is 1. The van der Waals surface area contributed by atoms with Crippen LogP contribution in [0.2, 0.25) is 0 Å². The number of carboxylic acid groups (broad SMARTS) is 1. The molecule has 1 rings (SSSR count). The first kappa shape index (κ1) is 14.0. The van der Waals surface area contributed by atoms with Crippen LogP contribution in [0.25, 0.3) is 0 Å². The number of aromatic hydroxyl groups is 1. The number of hydrogen-bond acceptors (Lipinski definition) is 2. The molecule has 0 radical (unpaired) electrons. The van der Waals surface area contributed by atoms with Crippen molar-refractivity contribution >= 4 is 5.97 Å². The zero-order valence-corrected chi connectivity index (χ0v) is 9.42. The summed E-state index contributed by atoms with van der Waals surface area (Å²) in [4.78, 5) is 10.2. The van der Waals surface area contributed by atoms with Crippen LogP contribution in [-0.2, 0) is 0 Å². The van der Waals surface area contributed by atoms with Crippen LogP contribution in [0.15, 0.2) is 48.6 Å². The number of phenolic OH excluding ortho intramolecular Hbond substituents is 1. The summed E-state index contributed by atoms with van der Waals surface area (Å²) in [6.07, 6.45) is 8.00. The number of carboxylic acids is 1. The van der Waals surface area contributed by atoms with E-state index in [1.165, 1.54) is 24.3 Å². The average Bonchev–Trinajstić information content (AvgIpc) is 2.28. The number of hydrogen-bond donors (Lipinski definition) is 2. The largest absolute Gasteiger partial charge is 0.508 e. The molecule has 0 bridgehead atoms. The van der Waals surface area contributed by atoms with Crippen molar-refractivity contribution in [1.29, 1.82) is 0 Å². The maximum absolute atomic E-state index is 10.2. The summed E-state index contributed by atoms with van der Waals surface area (Å²) in [6, 6.07) is 5.36. The van der Waals surface area contributed by atoms with Crippen LogP contribution in [0.1, 0.15) is 24.2 Å². The number of benzene rings is 1. The first-order valence-corrected chi connectivity index (χ1v) is 4.88. The van der Waals surface area contributed by atoms with Crippen molar-refractivity contribution in [1.82, 2.24) is 0 Å². The first-order chi connectivity index (χ1) is 7.61. The zero-order valence-electron chi connectivity index (χ0n) is 9.42. The molecule has 1 aromatic carbocycles. The van der Waals surface area contributed by atoms with Crippen molar-refractivity contribution in [3.8, 4) is 5.75 Å². The molecule has 0 spiro atoms. The van der Waals surface area contributed by atoms with Crippen LogP contribution >= 0.6 is 0 Å². The minimum Gasteiger partial charge on any atom is -0.508 e. The van der Waals surface area contributed by atoms with Crippen molar-refractivity contribution in [2.75, 3.05) is 0 Å². The molecule has 0 aliphatic carbocycles. The van der Waals surface area contributed by atoms with E-state index in [9.17, 15) is 4.79 Å². The van der Waals surface area contributed by atoms with Crippen LogP contribution in [0.4, 0.5) is 0 Å². The van der Waals surface area contributed by atoms with Gasteiger partial charge in [0.2, 0.25) is 0 Å². The van der Waals surface area contributed by atoms with E-state index < -0.39 is 5.97 Å². The molecule has 1 aromatic rings. The summed E-state index contributed by atoms with van der Waals surface area (Å²) in [7, 11) is 0. The standard InChI is InChI=1S/C7H6O3.C6H10/c8-6-3-1-5(2-4-6)7(9)10;1-3-5-6-4-2/h1-4,8H,(H,9,10);3-6H,1-2H3. The molecular formula is C13H16O3. The maximum atomic E-state index is 10.2. The van der Waals surface area contributed by atoms with Gasteiger partial charge in [-0.05, 0) is 38.1 Å². The number of rotatable bonds is 2. The van der Waals surface area contributed by atoms with Gasteiger partial charge in [-0.3, -0.25) is 0 Å². The molecule has 86 valence electrons. The second-order valence-electron chi connectivity index (χ2n) is 2.90. The van der Waals surface area contributed by atoms with Gasteiger partial charge in [-0.2, -0.15) is 0 Å². The quantitative estimate of drug-likeness (QED) is 0.752. The molecule has 3 nitrogen and oxygen atoms in total. The van der Waals surface area contributed by atoms with Crippen LogP contribution < -0.4 is 0 Å². The second-order valence-corrected chi connectivity index (χ2v) is 2.90. The third kappa shape index (κ3) is 6.43. The Morgan fingerprint density at radius 1 is 1.06 bits per heavy atom. The molecule has 0 aliphatic heterocycles. The van der Waals surface area contributed by atoms with Crippen molar-refractivity contribution in [2.24, 2.45) is 0 Å². The normalized spacial score (nSPS) is 10.1. The molecule has 0 saturated heterocycles. The van der Waals surface area contributed by atoms with E-state index in [-0.39, 0.29) is 11.3 Å². The lowest BCUT2D eigenvalue weighted by molar-refractivity contribution is 0.0697. The van der Waals surface area contributed by atoms with Gasteiger partial charge < -0.3 is 10.2 Å². The van der Waals surface area contributed by atoms with Gasteiger partial charge in [0.15, 0.2) is 0 Å². The minimum atomic E-state index is -0.986. The first-order valence-electron chi connectivity index (χ1n) is 4.88. The molecule has 0 aliphatic rings. The summed E-state index contributed by atoms with van der Waals surface area (Å²) in [5.74, 6) is -0.912. The van der Waals surface area contributed by atoms with Crippen molar-refractivity contribution in [3.05, 3.63) is 54.1 Å². The summed E-state index contributed by atoms with van der Waals surface area (Å²) in [6.45, 7) is 4.00. The maximum Gasteiger partial charge on any atom is 0.335 e. The third-order valence-electron chi connectivity index (χ3n) is 1.61. The van der Waals surface area contributed by atoms with Gasteiger partial charge in [0.1, 0.15) is 5.75 Å². The molecular weight excluding hydrogens is 204 g/mol. The highest BCUT2D eigenvalue weighted by atomic mass is 16.4. The summed E-state index contributed by atoms with van der Waals surface area (Å²) in [5.41, 5.74) is 0.179. The van der Waals surface area contributed by atoms with E-state index in [1.807, 2.05) is 38.2 Å². The molecule has 0 fully saturated rings. The molecule has 0 unspecified atom stereocenters. The number of phenols is 1. The Hall–Kier alpha value is -2.03. The monoisotopic (exact) mass is 220 g/mol. The SMILES string of the molecule is CC=CC=CC.O=C(O)c1ccc(O)cc1. The lowest BCUT2D eigenvalue weighted by atomic mass is 10.2. The summed E-state index contributed by atoms with van der Waals surface area (Å²) >= 11 is 0. The fourth-order valence-corrected chi connectivity index (χ4v) is 0.826. The van der Waals surface area contributed by atoms with Crippen molar-refractivity contribution in [3.63, 3.8) is 0 Å². The topological polar surface area (TPSA) is 57.5 Å².